The molecule has 0 spiro atoms. The normalized spacial score (nSPS) is 33.2. The van der Waals surface area contributed by atoms with Crippen LogP contribution in [0.1, 0.15) is 69.8 Å². The van der Waals surface area contributed by atoms with Crippen LogP contribution in [0.4, 0.5) is 4.39 Å². The van der Waals surface area contributed by atoms with Gasteiger partial charge in [-0.05, 0) is 79.9 Å². The van der Waals surface area contributed by atoms with Crippen LogP contribution in [0.2, 0.25) is 0 Å². The summed E-state index contributed by atoms with van der Waals surface area (Å²) in [7, 11) is 0. The zero-order valence-corrected chi connectivity index (χ0v) is 13.8. The van der Waals surface area contributed by atoms with Crippen LogP contribution in [-0.2, 0) is 0 Å². The molecular formula is C21H29F. The van der Waals surface area contributed by atoms with Gasteiger partial charge in [-0.1, -0.05) is 44.1 Å². The first-order valence-corrected chi connectivity index (χ1v) is 9.14. The van der Waals surface area contributed by atoms with E-state index in [4.69, 9.17) is 0 Å². The molecule has 0 atom stereocenters. The monoisotopic (exact) mass is 300 g/mol. The number of rotatable bonds is 3. The second-order valence-electron chi connectivity index (χ2n) is 7.57. The Hall–Kier alpha value is -1.11. The lowest BCUT2D eigenvalue weighted by atomic mass is 9.77. The molecule has 1 aromatic carbocycles. The fourth-order valence-corrected chi connectivity index (χ4v) is 4.17. The van der Waals surface area contributed by atoms with Crippen molar-refractivity contribution in [1.29, 1.82) is 0 Å². The van der Waals surface area contributed by atoms with Crippen molar-refractivity contribution in [3.63, 3.8) is 0 Å². The molecule has 1 aromatic rings. The Labute approximate surface area is 134 Å². The fourth-order valence-electron chi connectivity index (χ4n) is 4.17. The van der Waals surface area contributed by atoms with Gasteiger partial charge in [-0.3, -0.25) is 0 Å². The number of halogens is 1. The quantitative estimate of drug-likeness (QED) is 0.560. The van der Waals surface area contributed by atoms with Crippen LogP contribution in [0, 0.1) is 23.6 Å². The molecule has 2 saturated carbocycles. The molecule has 0 N–H and O–H groups in total. The zero-order valence-electron chi connectivity index (χ0n) is 13.8. The summed E-state index contributed by atoms with van der Waals surface area (Å²) in [6, 6.07) is 7.15. The second-order valence-corrected chi connectivity index (χ2v) is 7.57. The predicted molar refractivity (Wildman–Crippen MR) is 91.4 cm³/mol. The van der Waals surface area contributed by atoms with Crippen LogP contribution >= 0.6 is 0 Å². The number of allylic oxidation sites excluding steroid dienone is 2. The smallest absolute Gasteiger partial charge is 0.123 e. The second kappa shape index (κ2) is 7.44. The van der Waals surface area contributed by atoms with Crippen LogP contribution in [-0.4, -0.2) is 0 Å². The first-order chi connectivity index (χ1) is 10.7. The highest BCUT2D eigenvalue weighted by Gasteiger charge is 2.21. The molecular weight excluding hydrogens is 271 g/mol. The summed E-state index contributed by atoms with van der Waals surface area (Å²) in [5.41, 5.74) is 1.32. The molecule has 0 saturated heterocycles. The Morgan fingerprint density at radius 1 is 0.773 bits per heavy atom. The van der Waals surface area contributed by atoms with Crippen molar-refractivity contribution >= 4 is 0 Å². The Morgan fingerprint density at radius 2 is 1.27 bits per heavy atom. The van der Waals surface area contributed by atoms with E-state index in [1.165, 1.54) is 56.9 Å². The lowest BCUT2D eigenvalue weighted by Gasteiger charge is -2.28. The third-order valence-corrected chi connectivity index (χ3v) is 5.83. The van der Waals surface area contributed by atoms with E-state index in [2.05, 4.69) is 19.1 Å². The van der Waals surface area contributed by atoms with Crippen molar-refractivity contribution < 1.29 is 4.39 Å². The molecule has 2 aliphatic rings. The van der Waals surface area contributed by atoms with E-state index in [9.17, 15) is 4.39 Å². The summed E-state index contributed by atoms with van der Waals surface area (Å²) in [5, 5.41) is 0. The van der Waals surface area contributed by atoms with E-state index >= 15 is 0 Å². The van der Waals surface area contributed by atoms with Gasteiger partial charge in [-0.25, -0.2) is 4.39 Å². The summed E-state index contributed by atoms with van der Waals surface area (Å²) in [6.07, 6.45) is 15.7. The van der Waals surface area contributed by atoms with Crippen molar-refractivity contribution in [2.45, 2.75) is 64.2 Å². The van der Waals surface area contributed by atoms with Crippen LogP contribution in [0.3, 0.4) is 0 Å². The standard InChI is InChI=1S/C21H29F/c1-16-2-4-17(5-3-16)6-7-18-8-10-19(11-9-18)20-12-14-21(22)15-13-20/h6-7,12-19H,2-5,8-11H2,1H3/b7-6+/t16-,17-,18-,19-. The molecule has 120 valence electrons. The fraction of sp³-hybridized carbons (Fsp3) is 0.619. The van der Waals surface area contributed by atoms with Crippen LogP contribution in [0.15, 0.2) is 36.4 Å². The van der Waals surface area contributed by atoms with Gasteiger partial charge in [0.15, 0.2) is 0 Å². The van der Waals surface area contributed by atoms with Gasteiger partial charge in [-0.2, -0.15) is 0 Å². The van der Waals surface area contributed by atoms with E-state index in [1.807, 2.05) is 12.1 Å². The highest BCUT2D eigenvalue weighted by atomic mass is 19.1. The van der Waals surface area contributed by atoms with Crippen molar-refractivity contribution in [1.82, 2.24) is 0 Å². The molecule has 22 heavy (non-hydrogen) atoms. The van der Waals surface area contributed by atoms with E-state index in [0.717, 1.165) is 17.8 Å². The van der Waals surface area contributed by atoms with E-state index < -0.39 is 0 Å². The van der Waals surface area contributed by atoms with Crippen molar-refractivity contribution in [2.75, 3.05) is 0 Å². The largest absolute Gasteiger partial charge is 0.207 e. The Morgan fingerprint density at radius 3 is 1.82 bits per heavy atom. The third-order valence-electron chi connectivity index (χ3n) is 5.83. The van der Waals surface area contributed by atoms with Gasteiger partial charge in [0.2, 0.25) is 0 Å². The molecule has 3 rings (SSSR count). The molecule has 0 nitrogen and oxygen atoms in total. The molecule has 0 aliphatic heterocycles. The van der Waals surface area contributed by atoms with E-state index in [-0.39, 0.29) is 5.82 Å². The van der Waals surface area contributed by atoms with Crippen molar-refractivity contribution in [3.8, 4) is 0 Å². The molecule has 0 bridgehead atoms. The zero-order chi connectivity index (χ0) is 15.4. The van der Waals surface area contributed by atoms with Gasteiger partial charge in [0, 0.05) is 0 Å². The minimum atomic E-state index is -0.123. The summed E-state index contributed by atoms with van der Waals surface area (Å²) in [5.74, 6) is 3.07. The lowest BCUT2D eigenvalue weighted by Crippen LogP contribution is -2.13. The van der Waals surface area contributed by atoms with E-state index in [0.29, 0.717) is 5.92 Å². The van der Waals surface area contributed by atoms with Crippen LogP contribution < -0.4 is 0 Å². The molecule has 0 heterocycles. The molecule has 0 radical (unpaired) electrons. The van der Waals surface area contributed by atoms with Gasteiger partial charge < -0.3 is 0 Å². The van der Waals surface area contributed by atoms with Crippen molar-refractivity contribution in [2.24, 2.45) is 17.8 Å². The van der Waals surface area contributed by atoms with Crippen LogP contribution in [0.25, 0.3) is 0 Å². The molecule has 1 heteroatoms. The van der Waals surface area contributed by atoms with Crippen molar-refractivity contribution in [3.05, 3.63) is 47.8 Å². The molecule has 0 unspecified atom stereocenters. The predicted octanol–water partition coefficient (Wildman–Crippen LogP) is 6.48. The van der Waals surface area contributed by atoms with Gasteiger partial charge in [0.05, 0.1) is 0 Å². The molecule has 2 fully saturated rings. The topological polar surface area (TPSA) is 0 Å². The third kappa shape index (κ3) is 4.21. The minimum Gasteiger partial charge on any atom is -0.207 e. The highest BCUT2D eigenvalue weighted by molar-refractivity contribution is 5.21. The first kappa shape index (κ1) is 15.8. The Bertz CT molecular complexity index is 471. The number of hydrogen-bond donors (Lipinski definition) is 0. The molecule has 0 aromatic heterocycles. The first-order valence-electron chi connectivity index (χ1n) is 9.14. The summed E-state index contributed by atoms with van der Waals surface area (Å²) < 4.78 is 13.0. The Balaban J connectivity index is 1.46. The van der Waals surface area contributed by atoms with Gasteiger partial charge in [-0.15, -0.1) is 0 Å². The number of hydrogen-bond acceptors (Lipinski definition) is 0. The van der Waals surface area contributed by atoms with Gasteiger partial charge in [0.25, 0.3) is 0 Å². The van der Waals surface area contributed by atoms with Crippen LogP contribution in [0.5, 0.6) is 0 Å². The maximum Gasteiger partial charge on any atom is 0.123 e. The minimum absolute atomic E-state index is 0.123. The number of benzene rings is 1. The Kier molecular flexibility index (Phi) is 5.33. The summed E-state index contributed by atoms with van der Waals surface area (Å²) >= 11 is 0. The maximum atomic E-state index is 13.0. The maximum absolute atomic E-state index is 13.0. The average Bonchev–Trinajstić information content (AvgIpc) is 2.56. The van der Waals surface area contributed by atoms with Gasteiger partial charge >= 0.3 is 0 Å². The summed E-state index contributed by atoms with van der Waals surface area (Å²) in [4.78, 5) is 0. The SMILES string of the molecule is C[C@H]1CC[C@H](/C=C/[C@H]2CC[C@H](c3ccc(F)cc3)CC2)CC1. The highest BCUT2D eigenvalue weighted by Crippen LogP contribution is 2.37. The lowest BCUT2D eigenvalue weighted by molar-refractivity contribution is 0.327. The summed E-state index contributed by atoms with van der Waals surface area (Å²) in [6.45, 7) is 2.39. The molecule has 2 aliphatic carbocycles. The van der Waals surface area contributed by atoms with Gasteiger partial charge in [0.1, 0.15) is 5.82 Å². The molecule has 0 amide bonds. The van der Waals surface area contributed by atoms with E-state index in [1.54, 1.807) is 12.1 Å². The average molecular weight is 300 g/mol.